The Hall–Kier alpha value is -1.31. The number of aromatic nitrogens is 1. The number of pyridine rings is 1. The van der Waals surface area contributed by atoms with Crippen molar-refractivity contribution >= 4 is 6.08 Å². The monoisotopic (exact) mass is 135 g/mol. The van der Waals surface area contributed by atoms with Crippen LogP contribution in [0.25, 0.3) is 6.08 Å². The molecule has 0 aliphatic rings. The molecule has 0 amide bonds. The molecule has 0 unspecified atom stereocenters. The van der Waals surface area contributed by atoms with Gasteiger partial charge in [0.25, 0.3) is 5.56 Å². The molecule has 0 bridgehead atoms. The summed E-state index contributed by atoms with van der Waals surface area (Å²) in [6.45, 7) is 5.43. The Morgan fingerprint density at radius 2 is 2.40 bits per heavy atom. The van der Waals surface area contributed by atoms with E-state index in [0.717, 1.165) is 5.56 Å². The summed E-state index contributed by atoms with van der Waals surface area (Å²) in [5, 5.41) is 0. The van der Waals surface area contributed by atoms with Gasteiger partial charge in [0, 0.05) is 11.8 Å². The second-order valence-electron chi connectivity index (χ2n) is 2.17. The summed E-state index contributed by atoms with van der Waals surface area (Å²) in [6.07, 6.45) is 3.22. The third kappa shape index (κ3) is 1.16. The molecule has 0 saturated carbocycles. The molecule has 0 radical (unpaired) electrons. The Kier molecular flexibility index (Phi) is 1.71. The van der Waals surface area contributed by atoms with Crippen LogP contribution in [0.1, 0.15) is 11.1 Å². The lowest BCUT2D eigenvalue weighted by Crippen LogP contribution is -2.07. The number of nitrogens with one attached hydrogen (secondary N) is 1. The molecule has 1 N–H and O–H groups in total. The van der Waals surface area contributed by atoms with Crippen molar-refractivity contribution in [2.45, 2.75) is 6.92 Å². The van der Waals surface area contributed by atoms with Crippen molar-refractivity contribution in [3.05, 3.63) is 40.3 Å². The van der Waals surface area contributed by atoms with E-state index in [4.69, 9.17) is 0 Å². The van der Waals surface area contributed by atoms with Gasteiger partial charge in [0.1, 0.15) is 0 Å². The van der Waals surface area contributed by atoms with Crippen LogP contribution in [0, 0.1) is 6.92 Å². The first kappa shape index (κ1) is 6.81. The van der Waals surface area contributed by atoms with Crippen LogP contribution < -0.4 is 5.56 Å². The van der Waals surface area contributed by atoms with E-state index in [0.29, 0.717) is 5.56 Å². The van der Waals surface area contributed by atoms with E-state index < -0.39 is 0 Å². The third-order valence-electron chi connectivity index (χ3n) is 1.30. The van der Waals surface area contributed by atoms with Crippen molar-refractivity contribution in [1.29, 1.82) is 0 Å². The van der Waals surface area contributed by atoms with E-state index in [1.54, 1.807) is 18.3 Å². The lowest BCUT2D eigenvalue weighted by Gasteiger charge is -1.92. The molecule has 1 rings (SSSR count). The summed E-state index contributed by atoms with van der Waals surface area (Å²) in [5.41, 5.74) is 1.58. The smallest absolute Gasteiger partial charge is 0.255 e. The van der Waals surface area contributed by atoms with Gasteiger partial charge in [-0.2, -0.15) is 0 Å². The van der Waals surface area contributed by atoms with Crippen molar-refractivity contribution in [2.24, 2.45) is 0 Å². The van der Waals surface area contributed by atoms with E-state index in [1.165, 1.54) is 0 Å². The molecule has 1 aromatic heterocycles. The maximum Gasteiger partial charge on any atom is 0.255 e. The lowest BCUT2D eigenvalue weighted by molar-refractivity contribution is 1.19. The highest BCUT2D eigenvalue weighted by molar-refractivity contribution is 5.45. The molecule has 0 saturated heterocycles. The van der Waals surface area contributed by atoms with Gasteiger partial charge in [0.2, 0.25) is 0 Å². The fourth-order valence-electron chi connectivity index (χ4n) is 0.767. The highest BCUT2D eigenvalue weighted by atomic mass is 16.1. The van der Waals surface area contributed by atoms with Crippen molar-refractivity contribution in [3.8, 4) is 0 Å². The summed E-state index contributed by atoms with van der Waals surface area (Å²) >= 11 is 0. The number of hydrogen-bond donors (Lipinski definition) is 1. The first-order chi connectivity index (χ1) is 4.74. The second-order valence-corrected chi connectivity index (χ2v) is 2.17. The van der Waals surface area contributed by atoms with Crippen LogP contribution in [0.3, 0.4) is 0 Å². The molecule has 1 aromatic rings. The normalized spacial score (nSPS) is 9.30. The molecule has 0 spiro atoms. The molecule has 0 fully saturated rings. The van der Waals surface area contributed by atoms with Gasteiger partial charge in [0.05, 0.1) is 0 Å². The van der Waals surface area contributed by atoms with Crippen LogP contribution in [0.5, 0.6) is 0 Å². The second kappa shape index (κ2) is 2.52. The van der Waals surface area contributed by atoms with Gasteiger partial charge in [-0.1, -0.05) is 12.7 Å². The van der Waals surface area contributed by atoms with Crippen LogP contribution in [-0.4, -0.2) is 4.98 Å². The minimum atomic E-state index is -0.0828. The first-order valence-corrected chi connectivity index (χ1v) is 3.06. The number of rotatable bonds is 1. The summed E-state index contributed by atoms with van der Waals surface area (Å²) in [4.78, 5) is 13.5. The number of aryl methyl sites for hydroxylation is 1. The highest BCUT2D eigenvalue weighted by Gasteiger charge is 1.91. The van der Waals surface area contributed by atoms with Crippen LogP contribution in [0.15, 0.2) is 23.6 Å². The van der Waals surface area contributed by atoms with Crippen LogP contribution >= 0.6 is 0 Å². The minimum absolute atomic E-state index is 0.0828. The average Bonchev–Trinajstić information content (AvgIpc) is 1.94. The fourth-order valence-corrected chi connectivity index (χ4v) is 0.767. The molecule has 1 heterocycles. The van der Waals surface area contributed by atoms with Gasteiger partial charge in [-0.3, -0.25) is 4.79 Å². The SMILES string of the molecule is C=Cc1cc(C)c[nH]c1=O. The summed E-state index contributed by atoms with van der Waals surface area (Å²) in [5.74, 6) is 0. The zero-order valence-electron chi connectivity index (χ0n) is 5.85. The Morgan fingerprint density at radius 1 is 1.70 bits per heavy atom. The third-order valence-corrected chi connectivity index (χ3v) is 1.30. The lowest BCUT2D eigenvalue weighted by atomic mass is 10.2. The maximum absolute atomic E-state index is 10.9. The number of H-pyrrole nitrogens is 1. The Balaban J connectivity index is 3.35. The van der Waals surface area contributed by atoms with E-state index in [9.17, 15) is 4.79 Å². The van der Waals surface area contributed by atoms with Gasteiger partial charge in [0.15, 0.2) is 0 Å². The molecule has 0 aliphatic carbocycles. The molecule has 0 aromatic carbocycles. The van der Waals surface area contributed by atoms with E-state index >= 15 is 0 Å². The van der Waals surface area contributed by atoms with Crippen molar-refractivity contribution in [1.82, 2.24) is 4.98 Å². The minimum Gasteiger partial charge on any atom is -0.328 e. The van der Waals surface area contributed by atoms with Crippen LogP contribution in [-0.2, 0) is 0 Å². The predicted molar refractivity (Wildman–Crippen MR) is 41.9 cm³/mol. The number of aromatic amines is 1. The largest absolute Gasteiger partial charge is 0.328 e. The fraction of sp³-hybridized carbons (Fsp3) is 0.125. The topological polar surface area (TPSA) is 32.9 Å². The Morgan fingerprint density at radius 3 is 2.90 bits per heavy atom. The molecule has 0 atom stereocenters. The quantitative estimate of drug-likeness (QED) is 0.619. The van der Waals surface area contributed by atoms with E-state index in [2.05, 4.69) is 11.6 Å². The summed E-state index contributed by atoms with van der Waals surface area (Å²) in [7, 11) is 0. The Bertz CT molecular complexity index is 298. The molecule has 52 valence electrons. The highest BCUT2D eigenvalue weighted by Crippen LogP contribution is 1.95. The van der Waals surface area contributed by atoms with Gasteiger partial charge in [-0.15, -0.1) is 0 Å². The Labute approximate surface area is 59.2 Å². The summed E-state index contributed by atoms with van der Waals surface area (Å²) in [6, 6.07) is 1.80. The van der Waals surface area contributed by atoms with Gasteiger partial charge >= 0.3 is 0 Å². The van der Waals surface area contributed by atoms with Gasteiger partial charge in [-0.25, -0.2) is 0 Å². The predicted octanol–water partition coefficient (Wildman–Crippen LogP) is 1.33. The molecule has 2 nitrogen and oxygen atoms in total. The average molecular weight is 135 g/mol. The maximum atomic E-state index is 10.9. The zero-order valence-corrected chi connectivity index (χ0v) is 5.85. The molecular formula is C8H9NO. The van der Waals surface area contributed by atoms with Gasteiger partial charge in [-0.05, 0) is 18.6 Å². The van der Waals surface area contributed by atoms with Crippen LogP contribution in [0.2, 0.25) is 0 Å². The molecule has 2 heteroatoms. The van der Waals surface area contributed by atoms with Crippen molar-refractivity contribution in [2.75, 3.05) is 0 Å². The first-order valence-electron chi connectivity index (χ1n) is 3.06. The zero-order chi connectivity index (χ0) is 7.56. The van der Waals surface area contributed by atoms with Crippen LogP contribution in [0.4, 0.5) is 0 Å². The molecule has 10 heavy (non-hydrogen) atoms. The van der Waals surface area contributed by atoms with Crippen molar-refractivity contribution in [3.63, 3.8) is 0 Å². The van der Waals surface area contributed by atoms with Crippen molar-refractivity contribution < 1.29 is 0 Å². The standard InChI is InChI=1S/C8H9NO/c1-3-7-4-6(2)5-9-8(7)10/h3-5H,1H2,2H3,(H,9,10). The van der Waals surface area contributed by atoms with E-state index in [-0.39, 0.29) is 5.56 Å². The molecular weight excluding hydrogens is 126 g/mol. The van der Waals surface area contributed by atoms with Gasteiger partial charge < -0.3 is 4.98 Å². The summed E-state index contributed by atoms with van der Waals surface area (Å²) < 4.78 is 0. The molecule has 0 aliphatic heterocycles. The van der Waals surface area contributed by atoms with E-state index in [1.807, 2.05) is 6.92 Å². The number of hydrogen-bond acceptors (Lipinski definition) is 1.